The zero-order chi connectivity index (χ0) is 10.6. The van der Waals surface area contributed by atoms with Crippen molar-refractivity contribution in [2.75, 3.05) is 13.4 Å². The zero-order valence-electron chi connectivity index (χ0n) is 8.11. The number of phenols is 1. The molecular weight excluding hydrogens is 200 g/mol. The van der Waals surface area contributed by atoms with E-state index in [0.717, 1.165) is 10.5 Å². The Labute approximate surface area is 87.1 Å². The molecule has 0 unspecified atom stereocenters. The van der Waals surface area contributed by atoms with Gasteiger partial charge in [0.25, 0.3) is 0 Å². The number of phenolic OH excluding ortho intramolecular Hbond substituents is 1. The van der Waals surface area contributed by atoms with E-state index in [4.69, 9.17) is 0 Å². The Kier molecular flexibility index (Phi) is 3.83. The van der Waals surface area contributed by atoms with Crippen LogP contribution in [0, 0.1) is 0 Å². The second-order valence-corrected chi connectivity index (χ2v) is 3.61. The molecule has 0 fully saturated rings. The smallest absolute Gasteiger partial charge is 0.309 e. The average Bonchev–Trinajstić information content (AvgIpc) is 2.18. The average molecular weight is 212 g/mol. The molecule has 0 spiro atoms. The van der Waals surface area contributed by atoms with Crippen molar-refractivity contribution in [3.05, 3.63) is 23.8 Å². The van der Waals surface area contributed by atoms with Crippen molar-refractivity contribution in [3.8, 4) is 5.75 Å². The summed E-state index contributed by atoms with van der Waals surface area (Å²) in [5.41, 5.74) is 0.757. The molecule has 0 aliphatic heterocycles. The van der Waals surface area contributed by atoms with E-state index in [-0.39, 0.29) is 18.1 Å². The highest BCUT2D eigenvalue weighted by Gasteiger charge is 2.05. The molecule has 1 rings (SSSR count). The topological polar surface area (TPSA) is 46.5 Å². The largest absolute Gasteiger partial charge is 0.507 e. The first-order valence-electron chi connectivity index (χ1n) is 4.10. The van der Waals surface area contributed by atoms with E-state index in [1.165, 1.54) is 18.9 Å². The first kappa shape index (κ1) is 10.9. The molecule has 0 saturated carbocycles. The van der Waals surface area contributed by atoms with Gasteiger partial charge < -0.3 is 9.84 Å². The van der Waals surface area contributed by atoms with E-state index >= 15 is 0 Å². The fourth-order valence-electron chi connectivity index (χ4n) is 1.08. The number of carbonyl (C=O) groups is 1. The van der Waals surface area contributed by atoms with Gasteiger partial charge in [0.05, 0.1) is 13.5 Å². The maximum absolute atomic E-state index is 10.9. The molecule has 14 heavy (non-hydrogen) atoms. The third-order valence-electron chi connectivity index (χ3n) is 1.82. The molecule has 1 N–H and O–H groups in total. The summed E-state index contributed by atoms with van der Waals surface area (Å²) < 4.78 is 4.52. The lowest BCUT2D eigenvalue weighted by Gasteiger charge is -2.04. The molecule has 0 heterocycles. The standard InChI is InChI=1S/C10H12O3S/c1-13-10(12)6-7-3-4-9(14-2)8(11)5-7/h3-5,11H,6H2,1-2H3. The lowest BCUT2D eigenvalue weighted by atomic mass is 10.1. The summed E-state index contributed by atoms with van der Waals surface area (Å²) in [7, 11) is 1.35. The Morgan fingerprint density at radius 3 is 2.79 bits per heavy atom. The Balaban J connectivity index is 2.81. The van der Waals surface area contributed by atoms with Gasteiger partial charge in [-0.05, 0) is 24.0 Å². The van der Waals surface area contributed by atoms with Crippen molar-refractivity contribution in [2.24, 2.45) is 0 Å². The summed E-state index contributed by atoms with van der Waals surface area (Å²) in [6, 6.07) is 5.18. The summed E-state index contributed by atoms with van der Waals surface area (Å²) in [5.74, 6) is -0.0970. The summed E-state index contributed by atoms with van der Waals surface area (Å²) in [4.78, 5) is 11.7. The number of hydrogen-bond acceptors (Lipinski definition) is 4. The Bertz CT molecular complexity index is 336. The molecule has 0 radical (unpaired) electrons. The van der Waals surface area contributed by atoms with E-state index in [9.17, 15) is 9.90 Å². The molecule has 76 valence electrons. The quantitative estimate of drug-likeness (QED) is 0.613. The molecular formula is C10H12O3S. The highest BCUT2D eigenvalue weighted by molar-refractivity contribution is 7.98. The second-order valence-electron chi connectivity index (χ2n) is 2.76. The van der Waals surface area contributed by atoms with Crippen LogP contribution in [0.25, 0.3) is 0 Å². The van der Waals surface area contributed by atoms with Crippen molar-refractivity contribution in [3.63, 3.8) is 0 Å². The highest BCUT2D eigenvalue weighted by Crippen LogP contribution is 2.27. The van der Waals surface area contributed by atoms with Crippen LogP contribution in [-0.4, -0.2) is 24.4 Å². The number of esters is 1. The van der Waals surface area contributed by atoms with Crippen LogP contribution in [0.4, 0.5) is 0 Å². The van der Waals surface area contributed by atoms with Gasteiger partial charge in [0.15, 0.2) is 0 Å². The summed E-state index contributed by atoms with van der Waals surface area (Å²) >= 11 is 1.46. The predicted molar refractivity (Wildman–Crippen MR) is 55.6 cm³/mol. The molecule has 0 amide bonds. The predicted octanol–water partition coefficient (Wildman–Crippen LogP) is 1.83. The van der Waals surface area contributed by atoms with Gasteiger partial charge in [0.2, 0.25) is 0 Å². The van der Waals surface area contributed by atoms with Gasteiger partial charge in [-0.2, -0.15) is 0 Å². The van der Waals surface area contributed by atoms with Crippen LogP contribution in [-0.2, 0) is 16.0 Å². The zero-order valence-corrected chi connectivity index (χ0v) is 8.93. The van der Waals surface area contributed by atoms with Crippen LogP contribution >= 0.6 is 11.8 Å². The van der Waals surface area contributed by atoms with Gasteiger partial charge in [-0.15, -0.1) is 11.8 Å². The van der Waals surface area contributed by atoms with Crippen LogP contribution in [0.2, 0.25) is 0 Å². The number of hydrogen-bond donors (Lipinski definition) is 1. The van der Waals surface area contributed by atoms with Crippen LogP contribution < -0.4 is 0 Å². The summed E-state index contributed by atoms with van der Waals surface area (Å²) in [6.45, 7) is 0. The Hall–Kier alpha value is -1.16. The lowest BCUT2D eigenvalue weighted by molar-refractivity contribution is -0.139. The number of methoxy groups -OCH3 is 1. The SMILES string of the molecule is COC(=O)Cc1ccc(SC)c(O)c1. The third kappa shape index (κ3) is 2.67. The van der Waals surface area contributed by atoms with Crippen molar-refractivity contribution in [1.82, 2.24) is 0 Å². The number of aromatic hydroxyl groups is 1. The maximum atomic E-state index is 10.9. The summed E-state index contributed by atoms with van der Waals surface area (Å²) in [5, 5.41) is 9.50. The second kappa shape index (κ2) is 4.91. The van der Waals surface area contributed by atoms with Gasteiger partial charge in [0, 0.05) is 4.90 Å². The third-order valence-corrected chi connectivity index (χ3v) is 2.60. The molecule has 1 aromatic rings. The first-order chi connectivity index (χ1) is 6.67. The van der Waals surface area contributed by atoms with Gasteiger partial charge in [-0.25, -0.2) is 0 Å². The van der Waals surface area contributed by atoms with Crippen LogP contribution in [0.3, 0.4) is 0 Å². The van der Waals surface area contributed by atoms with Crippen molar-refractivity contribution in [1.29, 1.82) is 0 Å². The van der Waals surface area contributed by atoms with Crippen molar-refractivity contribution >= 4 is 17.7 Å². The number of carbonyl (C=O) groups excluding carboxylic acids is 1. The molecule has 0 bridgehead atoms. The van der Waals surface area contributed by atoms with Gasteiger partial charge in [-0.3, -0.25) is 4.79 Å². The molecule has 3 nitrogen and oxygen atoms in total. The summed E-state index contributed by atoms with van der Waals surface area (Å²) in [6.07, 6.45) is 2.08. The first-order valence-corrected chi connectivity index (χ1v) is 5.32. The number of benzene rings is 1. The molecule has 4 heteroatoms. The van der Waals surface area contributed by atoms with Crippen molar-refractivity contribution < 1.29 is 14.6 Å². The van der Waals surface area contributed by atoms with E-state index in [2.05, 4.69) is 4.74 Å². The maximum Gasteiger partial charge on any atom is 0.309 e. The molecule has 0 atom stereocenters. The lowest BCUT2D eigenvalue weighted by Crippen LogP contribution is -2.04. The number of rotatable bonds is 3. The monoisotopic (exact) mass is 212 g/mol. The van der Waals surface area contributed by atoms with E-state index in [1.54, 1.807) is 12.1 Å². The van der Waals surface area contributed by atoms with Crippen LogP contribution in [0.1, 0.15) is 5.56 Å². The minimum Gasteiger partial charge on any atom is -0.507 e. The van der Waals surface area contributed by atoms with Crippen LogP contribution in [0.15, 0.2) is 23.1 Å². The highest BCUT2D eigenvalue weighted by atomic mass is 32.2. The van der Waals surface area contributed by atoms with E-state index < -0.39 is 0 Å². The fraction of sp³-hybridized carbons (Fsp3) is 0.300. The number of ether oxygens (including phenoxy) is 1. The van der Waals surface area contributed by atoms with E-state index in [1.807, 2.05) is 12.3 Å². The normalized spacial score (nSPS) is 9.86. The Morgan fingerprint density at radius 1 is 1.57 bits per heavy atom. The molecule has 0 saturated heterocycles. The molecule has 0 aromatic heterocycles. The van der Waals surface area contributed by atoms with Crippen molar-refractivity contribution in [2.45, 2.75) is 11.3 Å². The Morgan fingerprint density at radius 2 is 2.29 bits per heavy atom. The minimum atomic E-state index is -0.304. The van der Waals surface area contributed by atoms with Crippen LogP contribution in [0.5, 0.6) is 5.75 Å². The number of thioether (sulfide) groups is 1. The van der Waals surface area contributed by atoms with Gasteiger partial charge in [-0.1, -0.05) is 6.07 Å². The minimum absolute atomic E-state index is 0.193. The molecule has 0 aliphatic rings. The van der Waals surface area contributed by atoms with Gasteiger partial charge >= 0.3 is 5.97 Å². The van der Waals surface area contributed by atoms with E-state index in [0.29, 0.717) is 0 Å². The molecule has 1 aromatic carbocycles. The van der Waals surface area contributed by atoms with Gasteiger partial charge in [0.1, 0.15) is 5.75 Å². The fourth-order valence-corrected chi connectivity index (χ4v) is 1.56. The molecule has 0 aliphatic carbocycles.